The van der Waals surface area contributed by atoms with Crippen molar-refractivity contribution in [1.82, 2.24) is 0 Å². The van der Waals surface area contributed by atoms with Crippen molar-refractivity contribution in [2.75, 3.05) is 7.11 Å². The smallest absolute Gasteiger partial charge is 0.449 e. The van der Waals surface area contributed by atoms with Crippen LogP contribution in [-0.4, -0.2) is 13.1 Å². The Labute approximate surface area is 148 Å². The lowest BCUT2D eigenvalue weighted by atomic mass is 10.1. The number of hydrogen-bond donors (Lipinski definition) is 0. The number of hydrogen-bond acceptors (Lipinski definition) is 3. The van der Waals surface area contributed by atoms with Crippen molar-refractivity contribution in [2.45, 2.75) is 16.8 Å². The summed E-state index contributed by atoms with van der Waals surface area (Å²) in [5.74, 6) is -0.970. The minimum absolute atomic E-state index is 0.275. The molecule has 2 aromatic rings. The summed E-state index contributed by atoms with van der Waals surface area (Å²) in [5, 5.41) is 1.04. The molecule has 0 N–H and O–H groups in total. The van der Waals surface area contributed by atoms with E-state index >= 15 is 0 Å². The molecule has 1 heterocycles. The summed E-state index contributed by atoms with van der Waals surface area (Å²) >= 11 is 6.29. The van der Waals surface area contributed by atoms with Gasteiger partial charge in [-0.3, -0.25) is 0 Å². The van der Waals surface area contributed by atoms with E-state index < -0.39 is 11.9 Å². The molecule has 0 spiro atoms. The van der Waals surface area contributed by atoms with Crippen molar-refractivity contribution in [2.24, 2.45) is 0 Å². The Kier molecular flexibility index (Phi) is 7.84. The highest BCUT2D eigenvalue weighted by molar-refractivity contribution is 9.08. The summed E-state index contributed by atoms with van der Waals surface area (Å²) in [7, 11) is 1.38. The van der Waals surface area contributed by atoms with E-state index in [1.165, 1.54) is 13.2 Å². The van der Waals surface area contributed by atoms with Crippen LogP contribution < -0.4 is 0 Å². The molecule has 0 atom stereocenters. The molecule has 0 unspecified atom stereocenters. The molecule has 0 saturated carbocycles. The van der Waals surface area contributed by atoms with Crippen molar-refractivity contribution in [3.05, 3.63) is 59.0 Å². The van der Waals surface area contributed by atoms with Crippen LogP contribution in [0.2, 0.25) is 0 Å². The first kappa shape index (κ1) is 19.8. The first-order chi connectivity index (χ1) is 10.8. The number of carbonyl (C=O) groups is 1. The Morgan fingerprint density at radius 1 is 1.17 bits per heavy atom. The van der Waals surface area contributed by atoms with Gasteiger partial charge in [0.05, 0.1) is 18.0 Å². The van der Waals surface area contributed by atoms with E-state index in [-0.39, 0.29) is 11.7 Å². The van der Waals surface area contributed by atoms with Gasteiger partial charge in [0.15, 0.2) is 0 Å². The number of halogens is 5. The zero-order valence-corrected chi connectivity index (χ0v) is 15.2. The standard InChI is InChI=1S/C9H9BrO2.C6H4BrF3O/c1-12-9(11)8-4-2-3-7(5-8)6-10;7-3-4-1-2-5(11-4)6(8,9)10/h2-5H,6H2,1H3;1-2H,3H2. The van der Waals surface area contributed by atoms with Gasteiger partial charge in [0.2, 0.25) is 5.76 Å². The summed E-state index contributed by atoms with van der Waals surface area (Å²) < 4.78 is 44.5. The average molecular weight is 458 g/mol. The quantitative estimate of drug-likeness (QED) is 0.447. The number of benzene rings is 1. The summed E-state index contributed by atoms with van der Waals surface area (Å²) in [6, 6.07) is 9.52. The zero-order valence-electron chi connectivity index (χ0n) is 12.0. The molecular weight excluding hydrogens is 445 g/mol. The van der Waals surface area contributed by atoms with Crippen LogP contribution in [0.15, 0.2) is 40.8 Å². The Morgan fingerprint density at radius 3 is 2.30 bits per heavy atom. The topological polar surface area (TPSA) is 39.4 Å². The molecule has 1 aromatic carbocycles. The van der Waals surface area contributed by atoms with Gasteiger partial charge in [0.25, 0.3) is 0 Å². The molecule has 3 nitrogen and oxygen atoms in total. The highest BCUT2D eigenvalue weighted by Gasteiger charge is 2.34. The number of methoxy groups -OCH3 is 1. The van der Waals surface area contributed by atoms with Crippen molar-refractivity contribution in [3.63, 3.8) is 0 Å². The number of esters is 1. The van der Waals surface area contributed by atoms with E-state index in [0.717, 1.165) is 17.0 Å². The maximum absolute atomic E-state index is 11.8. The monoisotopic (exact) mass is 456 g/mol. The first-order valence-corrected chi connectivity index (χ1v) is 8.51. The maximum atomic E-state index is 11.8. The molecule has 0 radical (unpaired) electrons. The lowest BCUT2D eigenvalue weighted by molar-refractivity contribution is -0.153. The largest absolute Gasteiger partial charge is 0.465 e. The minimum Gasteiger partial charge on any atom is -0.465 e. The van der Waals surface area contributed by atoms with Gasteiger partial charge >= 0.3 is 12.1 Å². The van der Waals surface area contributed by atoms with Gasteiger partial charge in [0.1, 0.15) is 5.76 Å². The Bertz CT molecular complexity index is 639. The molecule has 0 bridgehead atoms. The second-order valence-electron chi connectivity index (χ2n) is 4.22. The van der Waals surface area contributed by atoms with E-state index in [0.29, 0.717) is 10.9 Å². The molecule has 23 heavy (non-hydrogen) atoms. The average Bonchev–Trinajstić information content (AvgIpc) is 3.04. The number of furan rings is 1. The van der Waals surface area contributed by atoms with Crippen LogP contribution >= 0.6 is 31.9 Å². The molecule has 0 amide bonds. The van der Waals surface area contributed by atoms with Crippen LogP contribution in [0.5, 0.6) is 0 Å². The third-order valence-corrected chi connectivity index (χ3v) is 3.78. The maximum Gasteiger partial charge on any atom is 0.449 e. The van der Waals surface area contributed by atoms with E-state index in [1.807, 2.05) is 12.1 Å². The van der Waals surface area contributed by atoms with E-state index in [4.69, 9.17) is 0 Å². The van der Waals surface area contributed by atoms with Crippen molar-refractivity contribution in [3.8, 4) is 0 Å². The molecule has 0 aliphatic carbocycles. The molecular formula is C15H13Br2F3O3. The normalized spacial score (nSPS) is 10.7. The fourth-order valence-electron chi connectivity index (χ4n) is 1.50. The number of ether oxygens (including phenoxy) is 1. The predicted molar refractivity (Wildman–Crippen MR) is 86.8 cm³/mol. The van der Waals surface area contributed by atoms with Crippen LogP contribution in [0.3, 0.4) is 0 Å². The first-order valence-electron chi connectivity index (χ1n) is 6.27. The van der Waals surface area contributed by atoms with Crippen molar-refractivity contribution in [1.29, 1.82) is 0 Å². The molecule has 0 aliphatic heterocycles. The van der Waals surface area contributed by atoms with Gasteiger partial charge in [-0.25, -0.2) is 4.79 Å². The highest BCUT2D eigenvalue weighted by Crippen LogP contribution is 2.30. The Hall–Kier alpha value is -1.28. The number of carbonyl (C=O) groups excluding carboxylic acids is 1. The second-order valence-corrected chi connectivity index (χ2v) is 5.34. The highest BCUT2D eigenvalue weighted by atomic mass is 79.9. The lowest BCUT2D eigenvalue weighted by Gasteiger charge is -2.00. The van der Waals surface area contributed by atoms with Crippen LogP contribution in [0.25, 0.3) is 0 Å². The third-order valence-electron chi connectivity index (χ3n) is 2.58. The summed E-state index contributed by atoms with van der Waals surface area (Å²) in [5.41, 5.74) is 1.66. The minimum atomic E-state index is -4.37. The SMILES string of the molecule is COC(=O)c1cccc(CBr)c1.FC(F)(F)c1ccc(CBr)o1. The molecule has 0 saturated heterocycles. The lowest BCUT2D eigenvalue weighted by Crippen LogP contribution is -2.01. The zero-order chi connectivity index (χ0) is 17.5. The fraction of sp³-hybridized carbons (Fsp3) is 0.267. The van der Waals surface area contributed by atoms with E-state index in [2.05, 4.69) is 41.0 Å². The van der Waals surface area contributed by atoms with E-state index in [1.54, 1.807) is 12.1 Å². The molecule has 1 aromatic heterocycles. The number of rotatable bonds is 3. The van der Waals surface area contributed by atoms with Crippen LogP contribution in [-0.2, 0) is 21.6 Å². The van der Waals surface area contributed by atoms with Crippen LogP contribution in [0.1, 0.15) is 27.4 Å². The van der Waals surface area contributed by atoms with Gasteiger partial charge < -0.3 is 9.15 Å². The third kappa shape index (κ3) is 6.39. The second kappa shape index (κ2) is 9.12. The van der Waals surface area contributed by atoms with Crippen LogP contribution in [0.4, 0.5) is 13.2 Å². The molecule has 2 rings (SSSR count). The molecule has 126 valence electrons. The van der Waals surface area contributed by atoms with E-state index in [9.17, 15) is 18.0 Å². The van der Waals surface area contributed by atoms with Crippen LogP contribution in [0, 0.1) is 0 Å². The van der Waals surface area contributed by atoms with Gasteiger partial charge in [-0.05, 0) is 29.8 Å². The molecule has 8 heteroatoms. The van der Waals surface area contributed by atoms with Crippen molar-refractivity contribution < 1.29 is 27.1 Å². The van der Waals surface area contributed by atoms with Gasteiger partial charge in [0, 0.05) is 5.33 Å². The number of alkyl halides is 5. The summed E-state index contributed by atoms with van der Waals surface area (Å²) in [4.78, 5) is 11.0. The predicted octanol–water partition coefficient (Wildman–Crippen LogP) is 5.56. The Morgan fingerprint density at radius 2 is 1.87 bits per heavy atom. The van der Waals surface area contributed by atoms with Gasteiger partial charge in [-0.15, -0.1) is 0 Å². The molecule has 0 aliphatic rings. The molecule has 0 fully saturated rings. The summed E-state index contributed by atoms with van der Waals surface area (Å²) in [6.07, 6.45) is -4.37. The Balaban J connectivity index is 0.000000231. The van der Waals surface area contributed by atoms with Crippen molar-refractivity contribution >= 4 is 37.8 Å². The van der Waals surface area contributed by atoms with Gasteiger partial charge in [-0.2, -0.15) is 13.2 Å². The van der Waals surface area contributed by atoms with Gasteiger partial charge in [-0.1, -0.05) is 44.0 Å². The summed E-state index contributed by atoms with van der Waals surface area (Å²) in [6.45, 7) is 0. The fourth-order valence-corrected chi connectivity index (χ4v) is 2.15.